The second-order valence-electron chi connectivity index (χ2n) is 3.58. The van der Waals surface area contributed by atoms with Gasteiger partial charge in [0.2, 0.25) is 0 Å². The molecule has 2 rings (SSSR count). The van der Waals surface area contributed by atoms with Crippen LogP contribution in [-0.4, -0.2) is 0 Å². The number of anilines is 1. The number of ether oxygens (including phenoxy) is 1. The lowest BCUT2D eigenvalue weighted by Crippen LogP contribution is -1.97. The lowest BCUT2D eigenvalue weighted by molar-refractivity contribution is 0.302. The van der Waals surface area contributed by atoms with Crippen molar-refractivity contribution in [3.05, 3.63) is 57.0 Å². The van der Waals surface area contributed by atoms with Gasteiger partial charge in [-0.05, 0) is 61.7 Å². The summed E-state index contributed by atoms with van der Waals surface area (Å²) >= 11 is 6.91. The molecular formula is C13H11Br2NO. The Hall–Kier alpha value is -1.00. The van der Waals surface area contributed by atoms with Crippen LogP contribution < -0.4 is 10.5 Å². The van der Waals surface area contributed by atoms with E-state index in [4.69, 9.17) is 10.5 Å². The van der Waals surface area contributed by atoms with Gasteiger partial charge in [0.05, 0.1) is 8.95 Å². The van der Waals surface area contributed by atoms with Crippen molar-refractivity contribution in [2.24, 2.45) is 0 Å². The molecule has 0 aliphatic carbocycles. The van der Waals surface area contributed by atoms with Gasteiger partial charge in [0.15, 0.2) is 0 Å². The molecule has 88 valence electrons. The van der Waals surface area contributed by atoms with Crippen molar-refractivity contribution in [1.29, 1.82) is 0 Å². The number of hydrogen-bond donors (Lipinski definition) is 1. The highest BCUT2D eigenvalue weighted by Gasteiger charge is 2.05. The number of rotatable bonds is 3. The zero-order chi connectivity index (χ0) is 12.3. The van der Waals surface area contributed by atoms with Gasteiger partial charge in [-0.1, -0.05) is 18.2 Å². The van der Waals surface area contributed by atoms with Crippen LogP contribution >= 0.6 is 31.9 Å². The zero-order valence-electron chi connectivity index (χ0n) is 8.99. The topological polar surface area (TPSA) is 35.2 Å². The van der Waals surface area contributed by atoms with E-state index in [2.05, 4.69) is 31.9 Å². The third-order valence-electron chi connectivity index (χ3n) is 2.25. The summed E-state index contributed by atoms with van der Waals surface area (Å²) in [5, 5.41) is 0. The monoisotopic (exact) mass is 355 g/mol. The number of nitrogens with two attached hydrogens (primary N) is 1. The molecule has 0 unspecified atom stereocenters. The molecule has 0 fully saturated rings. The second-order valence-corrected chi connectivity index (χ2v) is 5.29. The van der Waals surface area contributed by atoms with E-state index in [1.807, 2.05) is 42.5 Å². The lowest BCUT2D eigenvalue weighted by atomic mass is 10.2. The lowest BCUT2D eigenvalue weighted by Gasteiger charge is -2.10. The molecule has 0 aliphatic heterocycles. The molecule has 2 N–H and O–H groups in total. The summed E-state index contributed by atoms with van der Waals surface area (Å²) in [6, 6.07) is 13.5. The van der Waals surface area contributed by atoms with Crippen LogP contribution in [-0.2, 0) is 6.61 Å². The van der Waals surface area contributed by atoms with E-state index in [0.29, 0.717) is 6.61 Å². The average molecular weight is 357 g/mol. The molecule has 0 saturated heterocycles. The normalized spacial score (nSPS) is 10.2. The van der Waals surface area contributed by atoms with Crippen molar-refractivity contribution in [3.63, 3.8) is 0 Å². The molecule has 0 spiro atoms. The maximum atomic E-state index is 5.76. The van der Waals surface area contributed by atoms with Crippen molar-refractivity contribution in [2.75, 3.05) is 5.73 Å². The zero-order valence-corrected chi connectivity index (χ0v) is 12.2. The summed E-state index contributed by atoms with van der Waals surface area (Å²) in [5.74, 6) is 0.801. The average Bonchev–Trinajstić information content (AvgIpc) is 2.28. The highest BCUT2D eigenvalue weighted by atomic mass is 79.9. The fourth-order valence-corrected chi connectivity index (χ4v) is 2.69. The van der Waals surface area contributed by atoms with Crippen molar-refractivity contribution in [3.8, 4) is 5.75 Å². The van der Waals surface area contributed by atoms with Crippen LogP contribution in [0.3, 0.4) is 0 Å². The molecule has 0 bridgehead atoms. The standard InChI is InChI=1S/C13H11Br2NO/c14-11-5-2-6-12(15)13(11)17-8-9-3-1-4-10(16)7-9/h1-7H,8,16H2. The molecule has 0 saturated carbocycles. The van der Waals surface area contributed by atoms with E-state index >= 15 is 0 Å². The molecule has 0 radical (unpaired) electrons. The number of halogens is 2. The van der Waals surface area contributed by atoms with Gasteiger partial charge in [-0.25, -0.2) is 0 Å². The fraction of sp³-hybridized carbons (Fsp3) is 0.0769. The number of para-hydroxylation sites is 1. The summed E-state index contributed by atoms with van der Waals surface area (Å²) in [5.41, 5.74) is 7.51. The minimum atomic E-state index is 0.492. The van der Waals surface area contributed by atoms with Gasteiger partial charge in [0.1, 0.15) is 12.4 Å². The predicted octanol–water partition coefficient (Wildman–Crippen LogP) is 4.37. The summed E-state index contributed by atoms with van der Waals surface area (Å²) in [4.78, 5) is 0. The van der Waals surface area contributed by atoms with Crippen LogP contribution in [0.1, 0.15) is 5.56 Å². The Kier molecular flexibility index (Phi) is 4.07. The Labute approximate surface area is 117 Å². The van der Waals surface area contributed by atoms with E-state index in [9.17, 15) is 0 Å². The predicted molar refractivity (Wildman–Crippen MR) is 77.0 cm³/mol. The molecule has 2 nitrogen and oxygen atoms in total. The molecule has 0 aliphatic rings. The molecule has 2 aromatic carbocycles. The Morgan fingerprint density at radius 3 is 2.29 bits per heavy atom. The Morgan fingerprint density at radius 2 is 1.65 bits per heavy atom. The van der Waals surface area contributed by atoms with Gasteiger partial charge in [0, 0.05) is 5.69 Å². The van der Waals surface area contributed by atoms with E-state index in [1.54, 1.807) is 0 Å². The number of benzene rings is 2. The van der Waals surface area contributed by atoms with Crippen molar-refractivity contribution in [2.45, 2.75) is 6.61 Å². The molecule has 0 aromatic heterocycles. The van der Waals surface area contributed by atoms with E-state index in [1.165, 1.54) is 0 Å². The molecular weight excluding hydrogens is 346 g/mol. The van der Waals surface area contributed by atoms with Gasteiger partial charge in [-0.2, -0.15) is 0 Å². The van der Waals surface area contributed by atoms with Crippen molar-refractivity contribution < 1.29 is 4.74 Å². The minimum absolute atomic E-state index is 0.492. The van der Waals surface area contributed by atoms with Gasteiger partial charge < -0.3 is 10.5 Å². The molecule has 2 aromatic rings. The smallest absolute Gasteiger partial charge is 0.148 e. The third kappa shape index (κ3) is 3.23. The Balaban J connectivity index is 2.13. The third-order valence-corrected chi connectivity index (χ3v) is 3.50. The molecule has 0 atom stereocenters. The quantitative estimate of drug-likeness (QED) is 0.828. The summed E-state index contributed by atoms with van der Waals surface area (Å²) < 4.78 is 7.61. The highest BCUT2D eigenvalue weighted by molar-refractivity contribution is 9.11. The van der Waals surface area contributed by atoms with Crippen LogP contribution in [0.4, 0.5) is 5.69 Å². The Bertz CT molecular complexity index is 508. The first kappa shape index (κ1) is 12.5. The fourth-order valence-electron chi connectivity index (χ4n) is 1.46. The van der Waals surface area contributed by atoms with Gasteiger partial charge in [-0.3, -0.25) is 0 Å². The molecule has 0 heterocycles. The second kappa shape index (κ2) is 5.56. The largest absolute Gasteiger partial charge is 0.487 e. The first-order valence-electron chi connectivity index (χ1n) is 5.08. The minimum Gasteiger partial charge on any atom is -0.487 e. The summed E-state index contributed by atoms with van der Waals surface area (Å²) in [7, 11) is 0. The van der Waals surface area contributed by atoms with E-state index in [-0.39, 0.29) is 0 Å². The Morgan fingerprint density at radius 1 is 1.00 bits per heavy atom. The van der Waals surface area contributed by atoms with Crippen molar-refractivity contribution in [1.82, 2.24) is 0 Å². The SMILES string of the molecule is Nc1cccc(COc2c(Br)cccc2Br)c1. The first-order valence-corrected chi connectivity index (χ1v) is 6.66. The maximum Gasteiger partial charge on any atom is 0.148 e. The molecule has 4 heteroatoms. The van der Waals surface area contributed by atoms with Gasteiger partial charge in [0.25, 0.3) is 0 Å². The number of hydrogen-bond acceptors (Lipinski definition) is 2. The van der Waals surface area contributed by atoms with Crippen LogP contribution in [0.5, 0.6) is 5.75 Å². The van der Waals surface area contributed by atoms with Gasteiger partial charge >= 0.3 is 0 Å². The molecule has 0 amide bonds. The number of nitrogen functional groups attached to an aromatic ring is 1. The highest BCUT2D eigenvalue weighted by Crippen LogP contribution is 2.33. The van der Waals surface area contributed by atoms with Gasteiger partial charge in [-0.15, -0.1) is 0 Å². The van der Waals surface area contributed by atoms with Crippen LogP contribution in [0.15, 0.2) is 51.4 Å². The van der Waals surface area contributed by atoms with Crippen molar-refractivity contribution >= 4 is 37.5 Å². The van der Waals surface area contributed by atoms with Crippen LogP contribution in [0.25, 0.3) is 0 Å². The summed E-state index contributed by atoms with van der Waals surface area (Å²) in [6.45, 7) is 0.492. The van der Waals surface area contributed by atoms with E-state index in [0.717, 1.165) is 25.9 Å². The van der Waals surface area contributed by atoms with Crippen LogP contribution in [0.2, 0.25) is 0 Å². The summed E-state index contributed by atoms with van der Waals surface area (Å²) in [6.07, 6.45) is 0. The van der Waals surface area contributed by atoms with Crippen LogP contribution in [0, 0.1) is 0 Å². The first-order chi connectivity index (χ1) is 8.16. The molecule has 17 heavy (non-hydrogen) atoms. The van der Waals surface area contributed by atoms with E-state index < -0.39 is 0 Å². The maximum absolute atomic E-state index is 5.76.